The number of nitrogens with zero attached hydrogens (tertiary/aromatic N) is 1. The SMILES string of the molecule is O=[N+]([O-])/C=C\c1cccc(OCc2cccc3ccccc23)c1. The van der Waals surface area contributed by atoms with Gasteiger partial charge in [-0.1, -0.05) is 54.6 Å². The monoisotopic (exact) mass is 305 g/mol. The fourth-order valence-electron chi connectivity index (χ4n) is 2.43. The Kier molecular flexibility index (Phi) is 4.34. The highest BCUT2D eigenvalue weighted by Crippen LogP contribution is 2.21. The average Bonchev–Trinajstić information content (AvgIpc) is 2.58. The highest BCUT2D eigenvalue weighted by Gasteiger charge is 2.02. The zero-order valence-electron chi connectivity index (χ0n) is 12.4. The molecule has 0 N–H and O–H groups in total. The van der Waals surface area contributed by atoms with E-state index < -0.39 is 4.92 Å². The molecule has 0 aliphatic carbocycles. The second kappa shape index (κ2) is 6.75. The van der Waals surface area contributed by atoms with Gasteiger partial charge in [0.2, 0.25) is 6.20 Å². The third-order valence-corrected chi connectivity index (χ3v) is 3.52. The number of nitro groups is 1. The van der Waals surface area contributed by atoms with E-state index >= 15 is 0 Å². The van der Waals surface area contributed by atoms with Crippen LogP contribution >= 0.6 is 0 Å². The Balaban J connectivity index is 1.77. The van der Waals surface area contributed by atoms with Crippen molar-refractivity contribution in [1.82, 2.24) is 0 Å². The zero-order valence-corrected chi connectivity index (χ0v) is 12.4. The van der Waals surface area contributed by atoms with Crippen LogP contribution in [0.2, 0.25) is 0 Å². The highest BCUT2D eigenvalue weighted by molar-refractivity contribution is 5.85. The minimum Gasteiger partial charge on any atom is -0.489 e. The van der Waals surface area contributed by atoms with Crippen LogP contribution in [-0.2, 0) is 6.61 Å². The molecule has 0 saturated heterocycles. The molecular weight excluding hydrogens is 290 g/mol. The summed E-state index contributed by atoms with van der Waals surface area (Å²) in [6.07, 6.45) is 2.37. The topological polar surface area (TPSA) is 52.4 Å². The summed E-state index contributed by atoms with van der Waals surface area (Å²) in [7, 11) is 0. The number of hydrogen-bond donors (Lipinski definition) is 0. The van der Waals surface area contributed by atoms with Gasteiger partial charge in [-0.15, -0.1) is 0 Å². The van der Waals surface area contributed by atoms with Crippen LogP contribution in [-0.4, -0.2) is 4.92 Å². The molecule has 4 heteroatoms. The van der Waals surface area contributed by atoms with Crippen molar-refractivity contribution in [2.24, 2.45) is 0 Å². The van der Waals surface area contributed by atoms with E-state index in [0.717, 1.165) is 17.3 Å². The Morgan fingerprint density at radius 3 is 2.65 bits per heavy atom. The maximum Gasteiger partial charge on any atom is 0.235 e. The molecule has 0 aliphatic heterocycles. The molecule has 3 rings (SSSR count). The Morgan fingerprint density at radius 2 is 1.78 bits per heavy atom. The lowest BCUT2D eigenvalue weighted by atomic mass is 10.1. The molecule has 0 bridgehead atoms. The van der Waals surface area contributed by atoms with Gasteiger partial charge in [0.05, 0.1) is 4.92 Å². The van der Waals surface area contributed by atoms with Crippen LogP contribution < -0.4 is 4.74 Å². The molecule has 4 nitrogen and oxygen atoms in total. The van der Waals surface area contributed by atoms with Crippen molar-refractivity contribution in [2.45, 2.75) is 6.61 Å². The molecule has 0 unspecified atom stereocenters. The largest absolute Gasteiger partial charge is 0.489 e. The standard InChI is InChI=1S/C19H15NO3/c21-20(22)12-11-15-5-3-9-18(13-15)23-14-17-8-4-7-16-6-1-2-10-19(16)17/h1-13H,14H2/b12-11-. The Bertz CT molecular complexity index is 866. The van der Waals surface area contributed by atoms with Crippen molar-refractivity contribution in [2.75, 3.05) is 0 Å². The number of benzene rings is 3. The van der Waals surface area contributed by atoms with Gasteiger partial charge in [0, 0.05) is 6.08 Å². The summed E-state index contributed by atoms with van der Waals surface area (Å²) < 4.78 is 5.84. The van der Waals surface area contributed by atoms with Crippen molar-refractivity contribution in [3.63, 3.8) is 0 Å². The van der Waals surface area contributed by atoms with E-state index in [1.54, 1.807) is 12.1 Å². The molecule has 0 aromatic heterocycles. The van der Waals surface area contributed by atoms with Gasteiger partial charge in [0.25, 0.3) is 0 Å². The van der Waals surface area contributed by atoms with E-state index in [4.69, 9.17) is 4.74 Å². The summed E-state index contributed by atoms with van der Waals surface area (Å²) in [6.45, 7) is 0.448. The van der Waals surface area contributed by atoms with Gasteiger partial charge in [-0.25, -0.2) is 0 Å². The maximum absolute atomic E-state index is 10.4. The van der Waals surface area contributed by atoms with Crippen molar-refractivity contribution in [1.29, 1.82) is 0 Å². The molecule has 0 heterocycles. The quantitative estimate of drug-likeness (QED) is 0.508. The van der Waals surface area contributed by atoms with Gasteiger partial charge in [0.1, 0.15) is 12.4 Å². The van der Waals surface area contributed by atoms with Crippen LogP contribution in [0, 0.1) is 10.1 Å². The Hall–Kier alpha value is -3.14. The van der Waals surface area contributed by atoms with Crippen LogP contribution in [0.1, 0.15) is 11.1 Å². The van der Waals surface area contributed by atoms with Crippen LogP contribution in [0.25, 0.3) is 16.8 Å². The molecule has 0 saturated carbocycles. The normalized spacial score (nSPS) is 11.0. The van der Waals surface area contributed by atoms with Crippen LogP contribution in [0.15, 0.2) is 72.9 Å². The third-order valence-electron chi connectivity index (χ3n) is 3.52. The number of fused-ring (bicyclic) bond motifs is 1. The fourth-order valence-corrected chi connectivity index (χ4v) is 2.43. The molecule has 3 aromatic rings. The molecule has 0 atom stereocenters. The summed E-state index contributed by atoms with van der Waals surface area (Å²) in [5.74, 6) is 0.684. The average molecular weight is 305 g/mol. The summed E-state index contributed by atoms with van der Waals surface area (Å²) >= 11 is 0. The fraction of sp³-hybridized carbons (Fsp3) is 0.0526. The first-order chi connectivity index (χ1) is 11.2. The van der Waals surface area contributed by atoms with Gasteiger partial charge in [0.15, 0.2) is 0 Å². The smallest absolute Gasteiger partial charge is 0.235 e. The Morgan fingerprint density at radius 1 is 1.00 bits per heavy atom. The van der Waals surface area contributed by atoms with Gasteiger partial charge in [-0.3, -0.25) is 10.1 Å². The lowest BCUT2D eigenvalue weighted by Crippen LogP contribution is -1.96. The van der Waals surface area contributed by atoms with Crippen molar-refractivity contribution in [3.8, 4) is 5.75 Å². The summed E-state index contributed by atoms with van der Waals surface area (Å²) in [5.41, 5.74) is 1.84. The summed E-state index contributed by atoms with van der Waals surface area (Å²) in [6, 6.07) is 21.5. The van der Waals surface area contributed by atoms with E-state index in [0.29, 0.717) is 12.4 Å². The highest BCUT2D eigenvalue weighted by atomic mass is 16.6. The molecule has 0 radical (unpaired) electrons. The summed E-state index contributed by atoms with van der Waals surface area (Å²) in [4.78, 5) is 9.90. The van der Waals surface area contributed by atoms with Crippen LogP contribution in [0.4, 0.5) is 0 Å². The molecule has 114 valence electrons. The molecule has 3 aromatic carbocycles. The number of hydrogen-bond acceptors (Lipinski definition) is 3. The van der Waals surface area contributed by atoms with E-state index in [1.807, 2.05) is 36.4 Å². The first-order valence-corrected chi connectivity index (χ1v) is 7.23. The predicted molar refractivity (Wildman–Crippen MR) is 90.8 cm³/mol. The van der Waals surface area contributed by atoms with Gasteiger partial charge >= 0.3 is 0 Å². The first kappa shape index (κ1) is 14.8. The van der Waals surface area contributed by atoms with E-state index in [9.17, 15) is 10.1 Å². The second-order valence-corrected chi connectivity index (χ2v) is 5.10. The molecule has 0 spiro atoms. The van der Waals surface area contributed by atoms with E-state index in [1.165, 1.54) is 16.8 Å². The van der Waals surface area contributed by atoms with Crippen molar-refractivity contribution in [3.05, 3.63) is 94.2 Å². The van der Waals surface area contributed by atoms with Gasteiger partial charge in [-0.05, 0) is 34.0 Å². The van der Waals surface area contributed by atoms with E-state index in [-0.39, 0.29) is 0 Å². The van der Waals surface area contributed by atoms with Gasteiger partial charge < -0.3 is 4.74 Å². The van der Waals surface area contributed by atoms with Crippen LogP contribution in [0.3, 0.4) is 0 Å². The predicted octanol–water partition coefficient (Wildman–Crippen LogP) is 4.67. The lowest BCUT2D eigenvalue weighted by Gasteiger charge is -2.09. The number of ether oxygens (including phenoxy) is 1. The third kappa shape index (κ3) is 3.74. The molecule has 0 aliphatic rings. The van der Waals surface area contributed by atoms with Crippen LogP contribution in [0.5, 0.6) is 5.75 Å². The summed E-state index contributed by atoms with van der Waals surface area (Å²) in [5, 5.41) is 12.7. The minimum atomic E-state index is -0.483. The minimum absolute atomic E-state index is 0.448. The molecule has 23 heavy (non-hydrogen) atoms. The van der Waals surface area contributed by atoms with Crippen molar-refractivity contribution < 1.29 is 9.66 Å². The molecule has 0 amide bonds. The molecule has 0 fully saturated rings. The van der Waals surface area contributed by atoms with Gasteiger partial charge in [-0.2, -0.15) is 0 Å². The lowest BCUT2D eigenvalue weighted by molar-refractivity contribution is -0.400. The number of rotatable bonds is 5. The van der Waals surface area contributed by atoms with E-state index in [2.05, 4.69) is 18.2 Å². The van der Waals surface area contributed by atoms with Crippen molar-refractivity contribution >= 4 is 16.8 Å². The Labute approximate surface area is 133 Å². The second-order valence-electron chi connectivity index (χ2n) is 5.10. The zero-order chi connectivity index (χ0) is 16.1. The maximum atomic E-state index is 10.4. The first-order valence-electron chi connectivity index (χ1n) is 7.23. The molecular formula is C19H15NO3.